The van der Waals surface area contributed by atoms with Crippen LogP contribution in [-0.4, -0.2) is 23.4 Å². The van der Waals surface area contributed by atoms with Crippen LogP contribution in [0.15, 0.2) is 0 Å². The highest BCUT2D eigenvalue weighted by atomic mass is 32.1. The van der Waals surface area contributed by atoms with Gasteiger partial charge in [-0.15, -0.1) is 12.6 Å². The molecule has 0 aromatic heterocycles. The molecule has 0 amide bonds. The summed E-state index contributed by atoms with van der Waals surface area (Å²) >= 11 is 3.46. The molecule has 4 heteroatoms. The van der Waals surface area contributed by atoms with Gasteiger partial charge in [-0.1, -0.05) is 6.92 Å². The summed E-state index contributed by atoms with van der Waals surface area (Å²) in [6.45, 7) is 2.25. The Morgan fingerprint density at radius 1 is 1.78 bits per heavy atom. The maximum absolute atomic E-state index is 9.68. The lowest BCUT2D eigenvalue weighted by Crippen LogP contribution is -2.02. The maximum Gasteiger partial charge on any atom is 0.185 e. The number of hydrogen-bond donors (Lipinski definition) is 3. The fourth-order valence-electron chi connectivity index (χ4n) is 0. The molecule has 0 aliphatic carbocycles. The Hall–Kier alpha value is -0.0600. The first-order chi connectivity index (χ1) is 4.18. The van der Waals surface area contributed by atoms with Crippen molar-refractivity contribution in [3.63, 3.8) is 0 Å². The van der Waals surface area contributed by atoms with Crippen molar-refractivity contribution in [2.75, 3.05) is 13.2 Å². The van der Waals surface area contributed by atoms with Gasteiger partial charge in [0.15, 0.2) is 5.12 Å². The van der Waals surface area contributed by atoms with Gasteiger partial charge in [-0.05, 0) is 0 Å². The summed E-state index contributed by atoms with van der Waals surface area (Å²) in [5.74, 6) is 0. The van der Waals surface area contributed by atoms with Gasteiger partial charge in [0.2, 0.25) is 0 Å². The van der Waals surface area contributed by atoms with Crippen LogP contribution in [0.4, 0.5) is 0 Å². The predicted molar refractivity (Wildman–Crippen MR) is 40.4 cm³/mol. The molecule has 0 fully saturated rings. The summed E-state index contributed by atoms with van der Waals surface area (Å²) in [5, 5.41) is 7.70. The van der Waals surface area contributed by atoms with E-state index in [0.717, 1.165) is 0 Å². The smallest absolute Gasteiger partial charge is 0.185 e. The highest BCUT2D eigenvalue weighted by Crippen LogP contribution is 1.80. The molecule has 0 saturated heterocycles. The van der Waals surface area contributed by atoms with E-state index in [1.54, 1.807) is 6.92 Å². The van der Waals surface area contributed by atoms with Crippen molar-refractivity contribution in [3.8, 4) is 0 Å². The molecular formula is C5H13NO2S. The van der Waals surface area contributed by atoms with Gasteiger partial charge in [0, 0.05) is 13.0 Å². The van der Waals surface area contributed by atoms with Gasteiger partial charge in [-0.2, -0.15) is 0 Å². The summed E-state index contributed by atoms with van der Waals surface area (Å²) in [7, 11) is 0. The molecule has 0 rings (SSSR count). The van der Waals surface area contributed by atoms with E-state index in [2.05, 4.69) is 12.6 Å². The third-order valence-corrected chi connectivity index (χ3v) is 0.748. The molecule has 0 heterocycles. The third-order valence-electron chi connectivity index (χ3n) is 0.432. The minimum absolute atomic E-state index is 0.0509. The van der Waals surface area contributed by atoms with Gasteiger partial charge in [-0.3, -0.25) is 4.79 Å². The average molecular weight is 151 g/mol. The molecule has 0 unspecified atom stereocenters. The average Bonchev–Trinajstić information content (AvgIpc) is 1.89. The van der Waals surface area contributed by atoms with Crippen LogP contribution in [0.25, 0.3) is 0 Å². The quantitative estimate of drug-likeness (QED) is 0.478. The molecule has 56 valence electrons. The van der Waals surface area contributed by atoms with E-state index in [4.69, 9.17) is 10.8 Å². The number of aliphatic hydroxyl groups excluding tert-OH is 1. The normalized spacial score (nSPS) is 7.56. The van der Waals surface area contributed by atoms with Crippen molar-refractivity contribution in [3.05, 3.63) is 0 Å². The Balaban J connectivity index is 0. The van der Waals surface area contributed by atoms with Crippen LogP contribution in [0.3, 0.4) is 0 Å². The van der Waals surface area contributed by atoms with Gasteiger partial charge in [0.25, 0.3) is 0 Å². The maximum atomic E-state index is 9.68. The summed E-state index contributed by atoms with van der Waals surface area (Å²) in [6, 6.07) is 0. The van der Waals surface area contributed by atoms with E-state index < -0.39 is 0 Å². The highest BCUT2D eigenvalue weighted by Gasteiger charge is 1.78. The topological polar surface area (TPSA) is 63.3 Å². The standard InChI is InChI=1S/C3H6OS.C2H7NO/c1-2-3(4)5;3-1-2-4/h2H2,1H3,(H,4,5);4H,1-3H2. The summed E-state index contributed by atoms with van der Waals surface area (Å²) in [5.41, 5.74) is 4.78. The number of hydrogen-bond acceptors (Lipinski definition) is 3. The largest absolute Gasteiger partial charge is 0.395 e. The number of thiol groups is 1. The van der Waals surface area contributed by atoms with E-state index in [0.29, 0.717) is 13.0 Å². The van der Waals surface area contributed by atoms with Crippen molar-refractivity contribution in [1.29, 1.82) is 0 Å². The van der Waals surface area contributed by atoms with Crippen molar-refractivity contribution in [2.24, 2.45) is 5.73 Å². The fraction of sp³-hybridized carbons (Fsp3) is 0.800. The zero-order valence-electron chi connectivity index (χ0n) is 5.50. The molecular weight excluding hydrogens is 138 g/mol. The molecule has 0 aliphatic heterocycles. The van der Waals surface area contributed by atoms with E-state index in [-0.39, 0.29) is 11.7 Å². The number of rotatable bonds is 2. The van der Waals surface area contributed by atoms with Crippen molar-refractivity contribution < 1.29 is 9.90 Å². The lowest BCUT2D eigenvalue weighted by molar-refractivity contribution is -0.110. The lowest BCUT2D eigenvalue weighted by atomic mass is 10.6. The number of nitrogens with two attached hydrogens (primary N) is 1. The zero-order valence-corrected chi connectivity index (χ0v) is 6.40. The highest BCUT2D eigenvalue weighted by molar-refractivity contribution is 7.96. The van der Waals surface area contributed by atoms with Crippen molar-refractivity contribution >= 4 is 17.7 Å². The number of aliphatic hydroxyl groups is 1. The number of carbonyl (C=O) groups excluding carboxylic acids is 1. The van der Waals surface area contributed by atoms with Crippen molar-refractivity contribution in [2.45, 2.75) is 13.3 Å². The van der Waals surface area contributed by atoms with E-state index >= 15 is 0 Å². The molecule has 0 saturated carbocycles. The molecule has 9 heavy (non-hydrogen) atoms. The van der Waals surface area contributed by atoms with Gasteiger partial charge < -0.3 is 10.8 Å². The van der Waals surface area contributed by atoms with E-state index in [1.807, 2.05) is 0 Å². The van der Waals surface area contributed by atoms with Crippen LogP contribution in [0.1, 0.15) is 13.3 Å². The zero-order chi connectivity index (χ0) is 7.70. The third kappa shape index (κ3) is 32.4. The first-order valence-corrected chi connectivity index (χ1v) is 3.16. The van der Waals surface area contributed by atoms with Gasteiger partial charge in [0.05, 0.1) is 6.61 Å². The molecule has 0 aromatic rings. The second-order valence-electron chi connectivity index (χ2n) is 1.26. The van der Waals surface area contributed by atoms with Crippen LogP contribution < -0.4 is 5.73 Å². The minimum atomic E-state index is -0.0509. The Kier molecular flexibility index (Phi) is 14.1. The fourth-order valence-corrected chi connectivity index (χ4v) is 0. The minimum Gasteiger partial charge on any atom is -0.395 e. The molecule has 3 nitrogen and oxygen atoms in total. The lowest BCUT2D eigenvalue weighted by Gasteiger charge is -1.71. The second-order valence-corrected chi connectivity index (χ2v) is 1.76. The molecule has 0 radical (unpaired) electrons. The number of carbonyl (C=O) groups is 1. The molecule has 0 bridgehead atoms. The van der Waals surface area contributed by atoms with E-state index in [1.165, 1.54) is 0 Å². The predicted octanol–water partition coefficient (Wildman–Crippen LogP) is -0.210. The SMILES string of the molecule is CCC(=O)S.NCCO. The van der Waals surface area contributed by atoms with Crippen molar-refractivity contribution in [1.82, 2.24) is 0 Å². The van der Waals surface area contributed by atoms with Crippen LogP contribution in [-0.2, 0) is 4.79 Å². The van der Waals surface area contributed by atoms with Crippen LogP contribution in [0, 0.1) is 0 Å². The monoisotopic (exact) mass is 151 g/mol. The van der Waals surface area contributed by atoms with Crippen LogP contribution in [0.2, 0.25) is 0 Å². The first-order valence-electron chi connectivity index (χ1n) is 2.71. The molecule has 0 spiro atoms. The molecule has 0 aliphatic rings. The molecule has 0 aromatic carbocycles. The van der Waals surface area contributed by atoms with Gasteiger partial charge in [-0.25, -0.2) is 0 Å². The summed E-state index contributed by atoms with van der Waals surface area (Å²) in [6.07, 6.45) is 0.531. The second kappa shape index (κ2) is 10.8. The van der Waals surface area contributed by atoms with E-state index in [9.17, 15) is 4.79 Å². The Bertz CT molecular complexity index is 66.0. The molecule has 3 N–H and O–H groups in total. The summed E-state index contributed by atoms with van der Waals surface area (Å²) in [4.78, 5) is 9.68. The Morgan fingerprint density at radius 3 is 2.00 bits per heavy atom. The van der Waals surface area contributed by atoms with Crippen LogP contribution >= 0.6 is 12.6 Å². The summed E-state index contributed by atoms with van der Waals surface area (Å²) < 4.78 is 0. The van der Waals surface area contributed by atoms with Gasteiger partial charge >= 0.3 is 0 Å². The molecule has 0 atom stereocenters. The van der Waals surface area contributed by atoms with Crippen LogP contribution in [0.5, 0.6) is 0 Å². The first kappa shape index (κ1) is 11.7. The van der Waals surface area contributed by atoms with Gasteiger partial charge in [0.1, 0.15) is 0 Å². The Morgan fingerprint density at radius 2 is 2.00 bits per heavy atom. The Labute approximate surface area is 60.7 Å².